The highest BCUT2D eigenvalue weighted by molar-refractivity contribution is 8.26. The number of hydrogen-bond acceptors (Lipinski definition) is 4. The number of nitrogens with two attached hydrogens (primary N) is 1. The van der Waals surface area contributed by atoms with Gasteiger partial charge in [0, 0.05) is 0 Å². The average molecular weight is 318 g/mol. The Labute approximate surface area is 133 Å². The summed E-state index contributed by atoms with van der Waals surface area (Å²) in [5.41, 5.74) is 8.46. The molecule has 3 rings (SSSR count). The summed E-state index contributed by atoms with van der Waals surface area (Å²) >= 11 is 0. The number of hydrogen-bond donors (Lipinski definition) is 3. The lowest BCUT2D eigenvalue weighted by molar-refractivity contribution is 0.456. The molecule has 0 bridgehead atoms. The third kappa shape index (κ3) is 2.73. The zero-order chi connectivity index (χ0) is 15.6. The van der Waals surface area contributed by atoms with E-state index in [1.165, 1.54) is 0 Å². The molecule has 1 aliphatic rings. The number of rotatable bonds is 4. The molecular formula is C17H22N2O2S. The van der Waals surface area contributed by atoms with Crippen LogP contribution in [0.5, 0.6) is 0 Å². The van der Waals surface area contributed by atoms with Crippen molar-refractivity contribution in [1.82, 2.24) is 0 Å². The fraction of sp³-hybridized carbons (Fsp3) is 0.294. The molecule has 22 heavy (non-hydrogen) atoms. The zero-order valence-electron chi connectivity index (χ0n) is 12.4. The zero-order valence-corrected chi connectivity index (χ0v) is 13.2. The molecule has 0 aliphatic carbocycles. The monoisotopic (exact) mass is 318 g/mol. The van der Waals surface area contributed by atoms with Crippen LogP contribution >= 0.6 is 10.8 Å². The lowest BCUT2D eigenvalue weighted by atomic mass is 10.0. The molecule has 1 heterocycles. The first-order valence-electron chi connectivity index (χ1n) is 7.55. The maximum Gasteiger partial charge on any atom is 0.0733 e. The van der Waals surface area contributed by atoms with Crippen molar-refractivity contribution in [1.29, 1.82) is 0 Å². The normalized spacial score (nSPS) is 21.2. The average Bonchev–Trinajstić information content (AvgIpc) is 2.53. The van der Waals surface area contributed by atoms with E-state index in [4.69, 9.17) is 5.73 Å². The first-order chi connectivity index (χ1) is 10.6. The maximum atomic E-state index is 10.9. The van der Waals surface area contributed by atoms with E-state index in [-0.39, 0.29) is 5.25 Å². The highest BCUT2D eigenvalue weighted by Crippen LogP contribution is 2.60. The first-order valence-corrected chi connectivity index (χ1v) is 9.11. The summed E-state index contributed by atoms with van der Waals surface area (Å²) in [6, 6.07) is 17.5. The second kappa shape index (κ2) is 6.30. The Bertz CT molecular complexity index is 634. The summed E-state index contributed by atoms with van der Waals surface area (Å²) in [4.78, 5) is 0. The van der Waals surface area contributed by atoms with E-state index in [2.05, 4.69) is 6.07 Å². The summed E-state index contributed by atoms with van der Waals surface area (Å²) in [6.07, 6.45) is 2.20. The third-order valence-corrected chi connectivity index (χ3v) is 6.34. The van der Waals surface area contributed by atoms with Crippen LogP contribution in [0.3, 0.4) is 0 Å². The second-order valence-corrected chi connectivity index (χ2v) is 7.73. The summed E-state index contributed by atoms with van der Waals surface area (Å²) in [6.45, 7) is 0.568. The summed E-state index contributed by atoms with van der Waals surface area (Å²) in [5, 5.41) is -0.189. The van der Waals surface area contributed by atoms with Crippen LogP contribution in [0.2, 0.25) is 0 Å². The van der Waals surface area contributed by atoms with E-state index >= 15 is 0 Å². The second-order valence-electron chi connectivity index (χ2n) is 5.58. The van der Waals surface area contributed by atoms with Gasteiger partial charge < -0.3 is 5.73 Å². The molecule has 4 N–H and O–H groups in total. The van der Waals surface area contributed by atoms with E-state index in [0.29, 0.717) is 13.0 Å². The number of fused-ring (bicyclic) bond motifs is 1. The first kappa shape index (κ1) is 15.4. The van der Waals surface area contributed by atoms with Gasteiger partial charge in [0.1, 0.15) is 0 Å². The van der Waals surface area contributed by atoms with Crippen LogP contribution in [0.1, 0.15) is 18.4 Å². The molecule has 0 fully saturated rings. The van der Waals surface area contributed by atoms with Gasteiger partial charge in [0.25, 0.3) is 0 Å². The Hall–Kier alpha value is -1.53. The molecule has 118 valence electrons. The molecule has 4 nitrogen and oxygen atoms in total. The van der Waals surface area contributed by atoms with Crippen molar-refractivity contribution < 1.29 is 9.11 Å². The molecular weight excluding hydrogens is 296 g/mol. The minimum absolute atomic E-state index is 0.189. The SMILES string of the molecule is NCCCC1Cc2ccccc2N(c2ccccc2)S1(O)O. The van der Waals surface area contributed by atoms with Crippen molar-refractivity contribution in [3.05, 3.63) is 60.2 Å². The molecule has 0 spiro atoms. The standard InChI is InChI=1S/C17H22N2O2S/c18-12-6-10-16-13-14-7-4-5-11-17(14)19(22(16,20)21)15-8-2-1-3-9-15/h1-5,7-9,11,16,20-21H,6,10,12-13,18H2. The van der Waals surface area contributed by atoms with Gasteiger partial charge in [-0.15, -0.1) is 10.8 Å². The summed E-state index contributed by atoms with van der Waals surface area (Å²) < 4.78 is 23.6. The van der Waals surface area contributed by atoms with Gasteiger partial charge >= 0.3 is 0 Å². The van der Waals surface area contributed by atoms with Crippen LogP contribution in [0.15, 0.2) is 54.6 Å². The van der Waals surface area contributed by atoms with Gasteiger partial charge in [-0.3, -0.25) is 9.11 Å². The molecule has 0 amide bonds. The molecule has 1 unspecified atom stereocenters. The summed E-state index contributed by atoms with van der Waals surface area (Å²) in [5.74, 6) is 0. The lowest BCUT2D eigenvalue weighted by Gasteiger charge is -2.53. The van der Waals surface area contributed by atoms with Crippen molar-refractivity contribution in [2.75, 3.05) is 10.8 Å². The van der Waals surface area contributed by atoms with Crippen molar-refractivity contribution in [2.45, 2.75) is 24.5 Å². The van der Waals surface area contributed by atoms with Crippen molar-refractivity contribution >= 4 is 22.2 Å². The van der Waals surface area contributed by atoms with Crippen LogP contribution < -0.4 is 10.0 Å². The minimum atomic E-state index is -2.93. The van der Waals surface area contributed by atoms with Crippen LogP contribution in [-0.2, 0) is 6.42 Å². The Morgan fingerprint density at radius 3 is 2.45 bits per heavy atom. The minimum Gasteiger partial charge on any atom is -0.330 e. The smallest absolute Gasteiger partial charge is 0.0733 e. The fourth-order valence-electron chi connectivity index (χ4n) is 3.00. The molecule has 1 aliphatic heterocycles. The highest BCUT2D eigenvalue weighted by atomic mass is 32.3. The van der Waals surface area contributed by atoms with Crippen LogP contribution in [0.25, 0.3) is 0 Å². The predicted octanol–water partition coefficient (Wildman–Crippen LogP) is 4.15. The molecule has 0 saturated carbocycles. The molecule has 5 heteroatoms. The Morgan fingerprint density at radius 2 is 1.73 bits per heavy atom. The number of anilines is 2. The molecule has 1 atom stereocenters. The maximum absolute atomic E-state index is 10.9. The molecule has 0 saturated heterocycles. The summed E-state index contributed by atoms with van der Waals surface area (Å²) in [7, 11) is -2.93. The fourth-order valence-corrected chi connectivity index (χ4v) is 5.08. The largest absolute Gasteiger partial charge is 0.330 e. The van der Waals surface area contributed by atoms with Crippen LogP contribution in [0, 0.1) is 0 Å². The van der Waals surface area contributed by atoms with E-state index in [1.807, 2.05) is 48.5 Å². The number of para-hydroxylation sites is 2. The van der Waals surface area contributed by atoms with Gasteiger partial charge in [0.2, 0.25) is 0 Å². The quantitative estimate of drug-likeness (QED) is 0.792. The Balaban J connectivity index is 2.07. The molecule has 0 aromatic heterocycles. The van der Waals surface area contributed by atoms with E-state index in [1.54, 1.807) is 4.31 Å². The highest BCUT2D eigenvalue weighted by Gasteiger charge is 2.38. The molecule has 2 aromatic carbocycles. The molecule has 2 aromatic rings. The van der Waals surface area contributed by atoms with Gasteiger partial charge in [0.05, 0.1) is 16.6 Å². The van der Waals surface area contributed by atoms with E-state index < -0.39 is 10.8 Å². The third-order valence-electron chi connectivity index (χ3n) is 4.09. The molecule has 0 radical (unpaired) electrons. The number of benzene rings is 2. The van der Waals surface area contributed by atoms with Crippen molar-refractivity contribution in [3.63, 3.8) is 0 Å². The van der Waals surface area contributed by atoms with Crippen molar-refractivity contribution in [3.8, 4) is 0 Å². The van der Waals surface area contributed by atoms with Crippen molar-refractivity contribution in [2.24, 2.45) is 5.73 Å². The number of nitrogens with zero attached hydrogens (tertiary/aromatic N) is 1. The van der Waals surface area contributed by atoms with Gasteiger partial charge in [-0.2, -0.15) is 0 Å². The van der Waals surface area contributed by atoms with Gasteiger partial charge in [-0.25, -0.2) is 4.31 Å². The van der Waals surface area contributed by atoms with E-state index in [0.717, 1.165) is 29.8 Å². The van der Waals surface area contributed by atoms with E-state index in [9.17, 15) is 9.11 Å². The van der Waals surface area contributed by atoms with Gasteiger partial charge in [0.15, 0.2) is 0 Å². The van der Waals surface area contributed by atoms with Crippen LogP contribution in [-0.4, -0.2) is 20.9 Å². The topological polar surface area (TPSA) is 69.7 Å². The Morgan fingerprint density at radius 1 is 1.05 bits per heavy atom. The van der Waals surface area contributed by atoms with Gasteiger partial charge in [-0.1, -0.05) is 36.4 Å². The lowest BCUT2D eigenvalue weighted by Crippen LogP contribution is -2.37. The predicted molar refractivity (Wildman–Crippen MR) is 93.7 cm³/mol. The van der Waals surface area contributed by atoms with Gasteiger partial charge in [-0.05, 0) is 49.6 Å². The Kier molecular flexibility index (Phi) is 4.40. The van der Waals surface area contributed by atoms with Crippen LogP contribution in [0.4, 0.5) is 11.4 Å².